The number of hydrogen-bond donors (Lipinski definition) is 1. The second-order valence-corrected chi connectivity index (χ2v) is 11.8. The Labute approximate surface area is 280 Å². The number of aliphatic hydroxyl groups excluding tert-OH is 1. The number of esters is 1. The molecule has 2 aromatic carbocycles. The highest BCUT2D eigenvalue weighted by atomic mass is 16.6. The number of rotatable bonds is 19. The minimum atomic E-state index is -1.79. The molecule has 12 nitrogen and oxygen atoms in total. The molecule has 1 saturated heterocycles. The summed E-state index contributed by atoms with van der Waals surface area (Å²) in [4.78, 5) is 66.4. The normalized spacial score (nSPS) is 16.7. The summed E-state index contributed by atoms with van der Waals surface area (Å²) in [6.45, 7) is 6.88. The molecule has 2 aromatic rings. The van der Waals surface area contributed by atoms with Crippen LogP contribution < -0.4 is 0 Å². The van der Waals surface area contributed by atoms with E-state index in [1.165, 1.54) is 0 Å². The van der Waals surface area contributed by atoms with Crippen LogP contribution >= 0.6 is 0 Å². The van der Waals surface area contributed by atoms with Crippen LogP contribution in [0.3, 0.4) is 0 Å². The van der Waals surface area contributed by atoms with E-state index in [0.29, 0.717) is 18.6 Å². The quantitative estimate of drug-likeness (QED) is 0.132. The Morgan fingerprint density at radius 3 is 2.42 bits per heavy atom. The molecule has 1 N–H and O–H groups in total. The molecule has 0 radical (unpaired) electrons. The Morgan fingerprint density at radius 1 is 1.06 bits per heavy atom. The van der Waals surface area contributed by atoms with Crippen LogP contribution in [0.25, 0.3) is 5.57 Å². The second-order valence-electron chi connectivity index (χ2n) is 11.8. The lowest BCUT2D eigenvalue weighted by Gasteiger charge is -2.29. The van der Waals surface area contributed by atoms with Gasteiger partial charge >= 0.3 is 12.1 Å². The first-order valence-electron chi connectivity index (χ1n) is 15.9. The van der Waals surface area contributed by atoms with Crippen molar-refractivity contribution in [3.05, 3.63) is 77.4 Å². The zero-order valence-corrected chi connectivity index (χ0v) is 28.1. The number of carbonyl (C=O) groups is 5. The average Bonchev–Trinajstić information content (AvgIpc) is 3.46. The minimum Gasteiger partial charge on any atom is -0.451 e. The van der Waals surface area contributed by atoms with Crippen molar-refractivity contribution in [3.8, 4) is 0 Å². The van der Waals surface area contributed by atoms with Crippen molar-refractivity contribution in [2.24, 2.45) is 5.92 Å². The predicted octanol–water partition coefficient (Wildman–Crippen LogP) is 3.84. The van der Waals surface area contributed by atoms with Gasteiger partial charge in [0, 0.05) is 32.6 Å². The first kappa shape index (κ1) is 38.2. The zero-order valence-electron chi connectivity index (χ0n) is 28.1. The van der Waals surface area contributed by atoms with Gasteiger partial charge in [0.15, 0.2) is 23.8 Å². The summed E-state index contributed by atoms with van der Waals surface area (Å²) in [5, 5.41) is 9.67. The molecule has 48 heavy (non-hydrogen) atoms. The molecule has 4 atom stereocenters. The molecule has 0 saturated carbocycles. The first-order valence-corrected chi connectivity index (χ1v) is 15.9. The largest absolute Gasteiger partial charge is 0.451 e. The van der Waals surface area contributed by atoms with Crippen molar-refractivity contribution < 1.29 is 52.8 Å². The second kappa shape index (κ2) is 18.9. The third kappa shape index (κ3) is 10.9. The smallest absolute Gasteiger partial charge is 0.417 e. The molecule has 260 valence electrons. The molecule has 3 rings (SSSR count). The number of ether oxygens (including phenoxy) is 5. The van der Waals surface area contributed by atoms with Gasteiger partial charge in [-0.25, -0.2) is 9.69 Å². The molecule has 0 aromatic heterocycles. The number of amides is 2. The number of nitrogens with zero attached hydrogens (tertiary/aromatic N) is 1. The van der Waals surface area contributed by atoms with Gasteiger partial charge in [0.1, 0.15) is 12.7 Å². The topological polar surface area (TPSA) is 155 Å². The average molecular weight is 668 g/mol. The highest BCUT2D eigenvalue weighted by Crippen LogP contribution is 2.25. The third-order valence-electron chi connectivity index (χ3n) is 7.70. The fourth-order valence-electron chi connectivity index (χ4n) is 5.11. The molecule has 12 heteroatoms. The van der Waals surface area contributed by atoms with Crippen LogP contribution in [-0.2, 0) is 49.5 Å². The molecular weight excluding hydrogens is 622 g/mol. The lowest BCUT2D eigenvalue weighted by atomic mass is 9.94. The molecule has 1 aliphatic heterocycles. The molecule has 0 aliphatic carbocycles. The number of Topliss-reactive ketones (excluding diaryl/α,β-unsaturated/α-hetero) is 1. The van der Waals surface area contributed by atoms with Gasteiger partial charge in [0.25, 0.3) is 5.91 Å². The third-order valence-corrected chi connectivity index (χ3v) is 7.70. The van der Waals surface area contributed by atoms with Crippen molar-refractivity contribution in [3.63, 3.8) is 0 Å². The summed E-state index contributed by atoms with van der Waals surface area (Å²) in [5.74, 6) is -3.19. The predicted molar refractivity (Wildman–Crippen MR) is 174 cm³/mol. The van der Waals surface area contributed by atoms with Crippen LogP contribution in [0.5, 0.6) is 0 Å². The summed E-state index contributed by atoms with van der Waals surface area (Å²) >= 11 is 0. The van der Waals surface area contributed by atoms with E-state index in [4.69, 9.17) is 23.7 Å². The van der Waals surface area contributed by atoms with E-state index in [1.807, 2.05) is 57.2 Å². The Bertz CT molecular complexity index is 1440. The van der Waals surface area contributed by atoms with Crippen molar-refractivity contribution >= 4 is 35.1 Å². The van der Waals surface area contributed by atoms with Gasteiger partial charge in [0.05, 0.1) is 25.9 Å². The summed E-state index contributed by atoms with van der Waals surface area (Å²) in [7, 11) is 1.16. The summed E-state index contributed by atoms with van der Waals surface area (Å²) in [5.41, 5.74) is 2.29. The maximum absolute atomic E-state index is 13.8. The van der Waals surface area contributed by atoms with Gasteiger partial charge in [-0.15, -0.1) is 0 Å². The molecule has 1 fully saturated rings. The summed E-state index contributed by atoms with van der Waals surface area (Å²) in [6, 6.07) is 15.9. The van der Waals surface area contributed by atoms with Crippen molar-refractivity contribution in [2.45, 2.75) is 71.5 Å². The van der Waals surface area contributed by atoms with Crippen LogP contribution in [0.4, 0.5) is 4.79 Å². The number of carbonyl (C=O) groups excluding carboxylic acids is 5. The number of ketones is 2. The molecule has 0 spiro atoms. The molecule has 4 unspecified atom stereocenters. The number of benzene rings is 2. The van der Waals surface area contributed by atoms with Gasteiger partial charge in [0.2, 0.25) is 0 Å². The Hall–Kier alpha value is -4.23. The minimum absolute atomic E-state index is 0.00226. The van der Waals surface area contributed by atoms with Crippen LogP contribution in [0.2, 0.25) is 0 Å². The molecule has 1 aliphatic rings. The van der Waals surface area contributed by atoms with E-state index >= 15 is 0 Å². The molecule has 2 amide bonds. The lowest BCUT2D eigenvalue weighted by Crippen LogP contribution is -2.53. The summed E-state index contributed by atoms with van der Waals surface area (Å²) < 4.78 is 27.1. The van der Waals surface area contributed by atoms with Gasteiger partial charge < -0.3 is 28.8 Å². The number of hydrogen-bond acceptors (Lipinski definition) is 11. The number of allylic oxidation sites excluding steroid dienone is 1. The van der Waals surface area contributed by atoms with Gasteiger partial charge in [-0.1, -0.05) is 74.0 Å². The SMILES string of the molecule is COC(C(=O)N1C(=O)OCC1C(C)C)C(OC(C)=O)C(=O)C=C(C(=O)CCCOCC(CO)OCc1ccccc1)c1cccc(C)c1. The molecular formula is C36H45NO11. The monoisotopic (exact) mass is 667 g/mol. The van der Waals surface area contributed by atoms with E-state index in [9.17, 15) is 29.1 Å². The maximum Gasteiger partial charge on any atom is 0.417 e. The summed E-state index contributed by atoms with van der Waals surface area (Å²) in [6.07, 6.45) is -3.56. The van der Waals surface area contributed by atoms with Crippen LogP contribution in [0, 0.1) is 12.8 Å². The number of cyclic esters (lactones) is 1. The van der Waals surface area contributed by atoms with E-state index in [0.717, 1.165) is 36.1 Å². The van der Waals surface area contributed by atoms with Gasteiger partial charge in [-0.05, 0) is 36.5 Å². The standard InChI is InChI=1S/C36H45NO11/c1-23(2)30-22-47-36(43)37(30)35(42)34(44-5)33(48-25(4)39)32(41)18-29(27-14-9-11-24(3)17-27)31(40)15-10-16-45-21-28(19-38)46-20-26-12-7-6-8-13-26/h6-9,11-14,17-18,23,28,30,33-34,38H,10,15-16,19-22H2,1-5H3. The van der Waals surface area contributed by atoms with E-state index in [1.54, 1.807) is 18.2 Å². The fraction of sp³-hybridized carbons (Fsp3) is 0.472. The zero-order chi connectivity index (χ0) is 35.2. The molecule has 1 heterocycles. The van der Waals surface area contributed by atoms with E-state index in [-0.39, 0.29) is 50.1 Å². The highest BCUT2D eigenvalue weighted by Gasteiger charge is 2.47. The van der Waals surface area contributed by atoms with Crippen molar-refractivity contribution in [1.82, 2.24) is 4.90 Å². The number of methoxy groups -OCH3 is 1. The fourth-order valence-corrected chi connectivity index (χ4v) is 5.11. The number of aryl methyl sites for hydroxylation is 1. The number of imide groups is 1. The van der Waals surface area contributed by atoms with Crippen molar-refractivity contribution in [1.29, 1.82) is 0 Å². The lowest BCUT2D eigenvalue weighted by molar-refractivity contribution is -0.166. The van der Waals surface area contributed by atoms with Crippen LogP contribution in [-0.4, -0.2) is 97.4 Å². The van der Waals surface area contributed by atoms with Gasteiger partial charge in [-0.2, -0.15) is 0 Å². The van der Waals surface area contributed by atoms with E-state index in [2.05, 4.69) is 0 Å². The van der Waals surface area contributed by atoms with E-state index < -0.39 is 48.1 Å². The van der Waals surface area contributed by atoms with Gasteiger partial charge in [-0.3, -0.25) is 19.2 Å². The Balaban J connectivity index is 1.75. The Morgan fingerprint density at radius 2 is 1.79 bits per heavy atom. The highest BCUT2D eigenvalue weighted by molar-refractivity contribution is 6.25. The first-order chi connectivity index (χ1) is 23.0. The maximum atomic E-state index is 13.8. The van der Waals surface area contributed by atoms with Crippen molar-refractivity contribution in [2.75, 3.05) is 33.5 Å². The number of aliphatic hydroxyl groups is 1. The van der Waals surface area contributed by atoms with Crippen LogP contribution in [0.15, 0.2) is 60.7 Å². The molecule has 0 bridgehead atoms. The van der Waals surface area contributed by atoms with Crippen LogP contribution in [0.1, 0.15) is 50.3 Å². The Kier molecular flexibility index (Phi) is 15.1.